The molecule has 146 valence electrons. The van der Waals surface area contributed by atoms with Crippen LogP contribution in [-0.4, -0.2) is 22.3 Å². The molecule has 0 spiro atoms. The van der Waals surface area contributed by atoms with Crippen molar-refractivity contribution in [3.8, 4) is 0 Å². The van der Waals surface area contributed by atoms with Crippen molar-refractivity contribution in [2.75, 3.05) is 5.32 Å². The first kappa shape index (κ1) is 19.4. The Morgan fingerprint density at radius 2 is 1.90 bits per heavy atom. The van der Waals surface area contributed by atoms with Gasteiger partial charge in [-0.15, -0.1) is 0 Å². The van der Waals surface area contributed by atoms with Crippen molar-refractivity contribution in [2.45, 2.75) is 11.7 Å². The Hall–Kier alpha value is -2.91. The fraction of sp³-hybridized carbons (Fsp3) is 0.100. The fourth-order valence-electron chi connectivity index (χ4n) is 2.91. The third-order valence-electron chi connectivity index (χ3n) is 4.33. The number of fused-ring (bicyclic) bond motifs is 1. The van der Waals surface area contributed by atoms with Crippen molar-refractivity contribution in [3.63, 3.8) is 0 Å². The Morgan fingerprint density at radius 3 is 2.59 bits per heavy atom. The average molecular weight is 473 g/mol. The lowest BCUT2D eigenvalue weighted by atomic mass is 10.1. The molecule has 1 aromatic heterocycles. The summed E-state index contributed by atoms with van der Waals surface area (Å²) >= 11 is 4.29. The minimum atomic E-state index is -0.552. The summed E-state index contributed by atoms with van der Waals surface area (Å²) in [6.45, 7) is 0. The predicted molar refractivity (Wildman–Crippen MR) is 113 cm³/mol. The third kappa shape index (κ3) is 4.10. The highest BCUT2D eigenvalue weighted by Crippen LogP contribution is 2.24. The lowest BCUT2D eigenvalue weighted by Gasteiger charge is -2.08. The molecule has 1 unspecified atom stereocenters. The number of para-hydroxylation sites is 1. The van der Waals surface area contributed by atoms with Crippen molar-refractivity contribution in [3.05, 3.63) is 74.6 Å². The second-order valence-electron chi connectivity index (χ2n) is 6.33. The normalized spacial score (nSPS) is 16.1. The molecular weight excluding hydrogens is 460 g/mol. The van der Waals surface area contributed by atoms with Crippen LogP contribution in [0.5, 0.6) is 0 Å². The number of hydrogen-bond donors (Lipinski definition) is 2. The van der Waals surface area contributed by atoms with E-state index in [1.165, 1.54) is 0 Å². The molecule has 9 heteroatoms. The molecule has 2 N–H and O–H groups in total. The van der Waals surface area contributed by atoms with Crippen LogP contribution in [0.1, 0.15) is 16.1 Å². The number of carbonyl (C=O) groups is 3. The van der Waals surface area contributed by atoms with Crippen LogP contribution in [0.2, 0.25) is 0 Å². The van der Waals surface area contributed by atoms with Gasteiger partial charge >= 0.3 is 0 Å². The molecule has 0 saturated carbocycles. The highest BCUT2D eigenvalue weighted by molar-refractivity contribution is 9.10. The van der Waals surface area contributed by atoms with Gasteiger partial charge in [0.15, 0.2) is 16.8 Å². The standard InChI is InChI=1S/C20H13BrN2O5S/c21-13-3-1-2-12-14(24)9-15(28-17(12)13)18(25)22-11-6-4-10(5-7-11)8-16-19(26)23-20(27)29-16/h1-7,9,16H,8H2,(H,22,25)(H,23,26,27). The summed E-state index contributed by atoms with van der Waals surface area (Å²) in [6, 6.07) is 13.1. The van der Waals surface area contributed by atoms with Crippen LogP contribution in [0.25, 0.3) is 11.0 Å². The maximum absolute atomic E-state index is 12.5. The molecule has 1 saturated heterocycles. The number of anilines is 1. The van der Waals surface area contributed by atoms with Crippen molar-refractivity contribution in [2.24, 2.45) is 0 Å². The van der Waals surface area contributed by atoms with Crippen molar-refractivity contribution in [1.82, 2.24) is 5.32 Å². The summed E-state index contributed by atoms with van der Waals surface area (Å²) < 4.78 is 6.19. The number of nitrogens with one attached hydrogen (secondary N) is 2. The number of imide groups is 1. The number of benzene rings is 2. The van der Waals surface area contributed by atoms with E-state index in [2.05, 4.69) is 26.6 Å². The molecule has 29 heavy (non-hydrogen) atoms. The molecule has 1 fully saturated rings. The second kappa shape index (κ2) is 7.84. The number of halogens is 1. The molecule has 4 rings (SSSR count). The summed E-state index contributed by atoms with van der Waals surface area (Å²) in [4.78, 5) is 47.7. The van der Waals surface area contributed by atoms with Crippen molar-refractivity contribution < 1.29 is 18.8 Å². The Morgan fingerprint density at radius 1 is 1.14 bits per heavy atom. The molecule has 0 radical (unpaired) electrons. The Kier molecular flexibility index (Phi) is 5.25. The van der Waals surface area contributed by atoms with E-state index in [0.717, 1.165) is 23.4 Å². The topological polar surface area (TPSA) is 105 Å². The average Bonchev–Trinajstić information content (AvgIpc) is 3.01. The molecule has 2 aromatic carbocycles. The maximum Gasteiger partial charge on any atom is 0.291 e. The van der Waals surface area contributed by atoms with Crippen LogP contribution in [0.15, 0.2) is 62.2 Å². The number of rotatable bonds is 4. The molecule has 1 atom stereocenters. The van der Waals surface area contributed by atoms with Gasteiger partial charge in [-0.2, -0.15) is 0 Å². The Balaban J connectivity index is 1.49. The highest BCUT2D eigenvalue weighted by Gasteiger charge is 2.31. The number of hydrogen-bond acceptors (Lipinski definition) is 6. The second-order valence-corrected chi connectivity index (χ2v) is 8.36. The van der Waals surface area contributed by atoms with E-state index in [-0.39, 0.29) is 22.3 Å². The van der Waals surface area contributed by atoms with E-state index in [4.69, 9.17) is 4.42 Å². The Bertz CT molecular complexity index is 1210. The molecule has 0 aliphatic carbocycles. The summed E-state index contributed by atoms with van der Waals surface area (Å²) in [5, 5.41) is 4.52. The van der Waals surface area contributed by atoms with E-state index >= 15 is 0 Å². The lowest BCUT2D eigenvalue weighted by molar-refractivity contribution is -0.118. The minimum Gasteiger partial charge on any atom is -0.449 e. The summed E-state index contributed by atoms with van der Waals surface area (Å²) in [7, 11) is 0. The van der Waals surface area contributed by atoms with Crippen LogP contribution < -0.4 is 16.1 Å². The van der Waals surface area contributed by atoms with Gasteiger partial charge in [-0.25, -0.2) is 0 Å². The van der Waals surface area contributed by atoms with Crippen LogP contribution in [0, 0.1) is 0 Å². The van der Waals surface area contributed by atoms with E-state index in [1.54, 1.807) is 42.5 Å². The van der Waals surface area contributed by atoms with E-state index < -0.39 is 11.2 Å². The van der Waals surface area contributed by atoms with Crippen molar-refractivity contribution >= 4 is 61.4 Å². The van der Waals surface area contributed by atoms with Gasteiger partial charge in [0, 0.05) is 11.8 Å². The summed E-state index contributed by atoms with van der Waals surface area (Å²) in [5.41, 5.74) is 1.36. The monoisotopic (exact) mass is 472 g/mol. The first-order chi connectivity index (χ1) is 13.9. The molecule has 1 aliphatic rings. The first-order valence-corrected chi connectivity index (χ1v) is 10.2. The fourth-order valence-corrected chi connectivity index (χ4v) is 4.22. The van der Waals surface area contributed by atoms with Gasteiger partial charge in [-0.3, -0.25) is 24.5 Å². The van der Waals surface area contributed by atoms with Crippen LogP contribution in [0.3, 0.4) is 0 Å². The van der Waals surface area contributed by atoms with Crippen molar-refractivity contribution in [1.29, 1.82) is 0 Å². The largest absolute Gasteiger partial charge is 0.449 e. The zero-order valence-electron chi connectivity index (χ0n) is 14.7. The van der Waals surface area contributed by atoms with Gasteiger partial charge in [-0.1, -0.05) is 30.0 Å². The predicted octanol–water partition coefficient (Wildman–Crippen LogP) is 3.70. The molecule has 3 amide bonds. The number of carbonyl (C=O) groups excluding carboxylic acids is 3. The molecule has 7 nitrogen and oxygen atoms in total. The minimum absolute atomic E-state index is 0.101. The van der Waals surface area contributed by atoms with E-state index in [1.807, 2.05) is 0 Å². The SMILES string of the molecule is O=C1NC(=O)C(Cc2ccc(NC(=O)c3cc(=O)c4cccc(Br)c4o3)cc2)S1. The van der Waals surface area contributed by atoms with Crippen LogP contribution in [0.4, 0.5) is 10.5 Å². The number of amides is 3. The molecule has 1 aliphatic heterocycles. The van der Waals surface area contributed by atoms with Gasteiger partial charge in [0.1, 0.15) is 0 Å². The third-order valence-corrected chi connectivity index (χ3v) is 5.94. The zero-order valence-corrected chi connectivity index (χ0v) is 17.1. The van der Waals surface area contributed by atoms with Gasteiger partial charge in [0.05, 0.1) is 15.1 Å². The van der Waals surface area contributed by atoms with Crippen LogP contribution >= 0.6 is 27.7 Å². The molecule has 2 heterocycles. The van der Waals surface area contributed by atoms with Gasteiger partial charge in [-0.05, 0) is 52.2 Å². The van der Waals surface area contributed by atoms with Gasteiger partial charge in [0.25, 0.3) is 11.1 Å². The van der Waals surface area contributed by atoms with Crippen LogP contribution in [-0.2, 0) is 11.2 Å². The molecule has 3 aromatic rings. The molecular formula is C20H13BrN2O5S. The summed E-state index contributed by atoms with van der Waals surface area (Å²) in [5.74, 6) is -0.949. The quantitative estimate of drug-likeness (QED) is 0.599. The van der Waals surface area contributed by atoms with E-state index in [9.17, 15) is 19.2 Å². The lowest BCUT2D eigenvalue weighted by Crippen LogP contribution is -2.25. The maximum atomic E-state index is 12.5. The first-order valence-electron chi connectivity index (χ1n) is 8.55. The zero-order chi connectivity index (χ0) is 20.5. The number of thioether (sulfide) groups is 1. The Labute approximate surface area is 177 Å². The summed E-state index contributed by atoms with van der Waals surface area (Å²) in [6.07, 6.45) is 0.407. The van der Waals surface area contributed by atoms with E-state index in [0.29, 0.717) is 27.6 Å². The molecule has 0 bridgehead atoms. The smallest absolute Gasteiger partial charge is 0.291 e. The van der Waals surface area contributed by atoms with Gasteiger partial charge in [0.2, 0.25) is 5.91 Å². The van der Waals surface area contributed by atoms with Gasteiger partial charge < -0.3 is 9.73 Å². The highest BCUT2D eigenvalue weighted by atomic mass is 79.9.